The van der Waals surface area contributed by atoms with E-state index in [1.54, 1.807) is 0 Å². The molecule has 2 rings (SSSR count). The van der Waals surface area contributed by atoms with Gasteiger partial charge >= 0.3 is 0 Å². The molecule has 0 aromatic heterocycles. The first-order valence-corrected chi connectivity index (χ1v) is 9.04. The van der Waals surface area contributed by atoms with E-state index in [1.165, 1.54) is 29.2 Å². The Kier molecular flexibility index (Phi) is 7.04. The second-order valence-corrected chi connectivity index (χ2v) is 6.57. The molecular weight excluding hydrogens is 308 g/mol. The number of ether oxygens (including phenoxy) is 2. The lowest BCUT2D eigenvalue weighted by molar-refractivity contribution is 0.241. The molecule has 0 atom stereocenters. The molecule has 0 bridgehead atoms. The fourth-order valence-corrected chi connectivity index (χ4v) is 2.84. The molecule has 0 unspecified atom stereocenters. The van der Waals surface area contributed by atoms with E-state index in [9.17, 15) is 0 Å². The average Bonchev–Trinajstić information content (AvgIpc) is 2.53. The van der Waals surface area contributed by atoms with Gasteiger partial charge in [-0.25, -0.2) is 0 Å². The van der Waals surface area contributed by atoms with Gasteiger partial charge in [0.1, 0.15) is 11.5 Å². The van der Waals surface area contributed by atoms with E-state index in [-0.39, 0.29) is 6.10 Å². The van der Waals surface area contributed by atoms with Crippen LogP contribution in [0.5, 0.6) is 11.5 Å². The van der Waals surface area contributed by atoms with E-state index in [0.717, 1.165) is 36.8 Å². The van der Waals surface area contributed by atoms with Crippen molar-refractivity contribution in [3.8, 4) is 11.5 Å². The quantitative estimate of drug-likeness (QED) is 0.406. The molecule has 0 fully saturated rings. The summed E-state index contributed by atoms with van der Waals surface area (Å²) in [6.45, 7) is 6.97. The first-order valence-electron chi connectivity index (χ1n) is 8.50. The van der Waals surface area contributed by atoms with Crippen molar-refractivity contribution in [1.29, 1.82) is 0 Å². The van der Waals surface area contributed by atoms with Crippen LogP contribution in [0.15, 0.2) is 30.3 Å². The number of unbranched alkanes of at least 4 members (excludes halogenated alkanes) is 3. The second kappa shape index (κ2) is 9.02. The van der Waals surface area contributed by atoms with Gasteiger partial charge in [0.25, 0.3) is 0 Å². The minimum absolute atomic E-state index is 0.188. The highest BCUT2D eigenvalue weighted by atomic mass is 35.5. The van der Waals surface area contributed by atoms with Gasteiger partial charge < -0.3 is 9.47 Å². The Bertz CT molecular complexity index is 622. The number of hydrogen-bond acceptors (Lipinski definition) is 2. The molecule has 0 N–H and O–H groups in total. The zero-order chi connectivity index (χ0) is 16.7. The van der Waals surface area contributed by atoms with Gasteiger partial charge in [-0.15, -0.1) is 11.6 Å². The Labute approximate surface area is 144 Å². The SMILES string of the molecule is Cc1c(OC(C)C)ccc2cc(OCCCCCCCl)ccc12. The van der Waals surface area contributed by atoms with Crippen LogP contribution in [0, 0.1) is 6.92 Å². The van der Waals surface area contributed by atoms with Gasteiger partial charge in [-0.3, -0.25) is 0 Å². The lowest BCUT2D eigenvalue weighted by Gasteiger charge is -2.15. The van der Waals surface area contributed by atoms with Crippen LogP contribution in [0.25, 0.3) is 10.8 Å². The van der Waals surface area contributed by atoms with E-state index < -0.39 is 0 Å². The molecule has 126 valence electrons. The summed E-state index contributed by atoms with van der Waals surface area (Å²) in [5.41, 5.74) is 1.18. The van der Waals surface area contributed by atoms with Gasteiger partial charge in [-0.05, 0) is 68.1 Å². The summed E-state index contributed by atoms with van der Waals surface area (Å²) >= 11 is 5.68. The molecule has 0 saturated carbocycles. The Morgan fingerprint density at radius 2 is 1.78 bits per heavy atom. The lowest BCUT2D eigenvalue weighted by Crippen LogP contribution is -2.06. The van der Waals surface area contributed by atoms with Gasteiger partial charge in [0.05, 0.1) is 12.7 Å². The molecule has 0 aliphatic rings. The number of halogens is 1. The summed E-state index contributed by atoms with van der Waals surface area (Å²) in [6, 6.07) is 10.4. The van der Waals surface area contributed by atoms with Crippen molar-refractivity contribution in [2.75, 3.05) is 12.5 Å². The predicted molar refractivity (Wildman–Crippen MR) is 99.1 cm³/mol. The van der Waals surface area contributed by atoms with Crippen molar-refractivity contribution < 1.29 is 9.47 Å². The normalized spacial score (nSPS) is 11.2. The maximum absolute atomic E-state index is 5.86. The summed E-state index contributed by atoms with van der Waals surface area (Å²) in [7, 11) is 0. The third-order valence-corrected chi connectivity index (χ3v) is 4.14. The first-order chi connectivity index (χ1) is 11.1. The van der Waals surface area contributed by atoms with E-state index in [0.29, 0.717) is 0 Å². The summed E-state index contributed by atoms with van der Waals surface area (Å²) in [4.78, 5) is 0. The predicted octanol–water partition coefficient (Wildman–Crippen LogP) is 6.11. The molecule has 0 saturated heterocycles. The van der Waals surface area contributed by atoms with Crippen molar-refractivity contribution in [3.63, 3.8) is 0 Å². The highest BCUT2D eigenvalue weighted by Gasteiger charge is 2.07. The number of hydrogen-bond donors (Lipinski definition) is 0. The number of fused-ring (bicyclic) bond motifs is 1. The van der Waals surface area contributed by atoms with E-state index in [2.05, 4.69) is 25.1 Å². The van der Waals surface area contributed by atoms with Crippen molar-refractivity contribution in [3.05, 3.63) is 35.9 Å². The van der Waals surface area contributed by atoms with E-state index in [1.807, 2.05) is 26.0 Å². The Balaban J connectivity index is 1.99. The van der Waals surface area contributed by atoms with Gasteiger partial charge in [0, 0.05) is 5.88 Å². The molecule has 0 aliphatic carbocycles. The molecular formula is C20H27ClO2. The third kappa shape index (κ3) is 5.31. The maximum atomic E-state index is 5.86. The van der Waals surface area contributed by atoms with Crippen LogP contribution < -0.4 is 9.47 Å². The van der Waals surface area contributed by atoms with Crippen LogP contribution in [0.4, 0.5) is 0 Å². The highest BCUT2D eigenvalue weighted by molar-refractivity contribution is 6.17. The minimum atomic E-state index is 0.188. The first kappa shape index (κ1) is 17.9. The topological polar surface area (TPSA) is 18.5 Å². The fraction of sp³-hybridized carbons (Fsp3) is 0.500. The largest absolute Gasteiger partial charge is 0.494 e. The van der Waals surface area contributed by atoms with Crippen LogP contribution >= 0.6 is 11.6 Å². The fourth-order valence-electron chi connectivity index (χ4n) is 2.65. The Morgan fingerprint density at radius 3 is 2.52 bits per heavy atom. The molecule has 2 aromatic carbocycles. The summed E-state index contributed by atoms with van der Waals surface area (Å²) in [5, 5.41) is 2.41. The van der Waals surface area contributed by atoms with Crippen LogP contribution in [0.2, 0.25) is 0 Å². The summed E-state index contributed by atoms with van der Waals surface area (Å²) < 4.78 is 11.7. The van der Waals surface area contributed by atoms with Crippen LogP contribution in [-0.2, 0) is 0 Å². The van der Waals surface area contributed by atoms with Gasteiger partial charge in [0.2, 0.25) is 0 Å². The molecule has 2 aromatic rings. The summed E-state index contributed by atoms with van der Waals surface area (Å²) in [6.07, 6.45) is 4.72. The second-order valence-electron chi connectivity index (χ2n) is 6.19. The number of alkyl halides is 1. The molecule has 0 radical (unpaired) electrons. The highest BCUT2D eigenvalue weighted by Crippen LogP contribution is 2.30. The zero-order valence-electron chi connectivity index (χ0n) is 14.4. The maximum Gasteiger partial charge on any atom is 0.123 e. The Hall–Kier alpha value is -1.41. The van der Waals surface area contributed by atoms with Gasteiger partial charge in [-0.1, -0.05) is 25.0 Å². The van der Waals surface area contributed by atoms with Gasteiger partial charge in [0.15, 0.2) is 0 Å². The Morgan fingerprint density at radius 1 is 1.00 bits per heavy atom. The van der Waals surface area contributed by atoms with Crippen molar-refractivity contribution >= 4 is 22.4 Å². The average molecular weight is 335 g/mol. The summed E-state index contributed by atoms with van der Waals surface area (Å²) in [5.74, 6) is 2.65. The molecule has 0 heterocycles. The molecule has 23 heavy (non-hydrogen) atoms. The third-order valence-electron chi connectivity index (χ3n) is 3.87. The number of benzene rings is 2. The smallest absolute Gasteiger partial charge is 0.123 e. The monoisotopic (exact) mass is 334 g/mol. The van der Waals surface area contributed by atoms with Crippen molar-refractivity contribution in [1.82, 2.24) is 0 Å². The number of aryl methyl sites for hydroxylation is 1. The number of rotatable bonds is 9. The minimum Gasteiger partial charge on any atom is -0.494 e. The molecule has 2 nitrogen and oxygen atoms in total. The molecule has 0 amide bonds. The van der Waals surface area contributed by atoms with Crippen LogP contribution in [0.3, 0.4) is 0 Å². The van der Waals surface area contributed by atoms with Gasteiger partial charge in [-0.2, -0.15) is 0 Å². The zero-order valence-corrected chi connectivity index (χ0v) is 15.2. The molecule has 0 aliphatic heterocycles. The molecule has 3 heteroatoms. The van der Waals surface area contributed by atoms with Crippen LogP contribution in [-0.4, -0.2) is 18.6 Å². The molecule has 0 spiro atoms. The van der Waals surface area contributed by atoms with Crippen molar-refractivity contribution in [2.24, 2.45) is 0 Å². The lowest BCUT2D eigenvalue weighted by atomic mass is 10.0. The standard InChI is InChI=1S/C20H27ClO2/c1-15(2)23-20-11-8-17-14-18(9-10-19(17)16(20)3)22-13-7-5-4-6-12-21/h8-11,14-15H,4-7,12-13H2,1-3H3. The van der Waals surface area contributed by atoms with E-state index >= 15 is 0 Å². The van der Waals surface area contributed by atoms with Crippen LogP contribution in [0.1, 0.15) is 45.1 Å². The van der Waals surface area contributed by atoms with E-state index in [4.69, 9.17) is 21.1 Å². The van der Waals surface area contributed by atoms with Crippen molar-refractivity contribution in [2.45, 2.75) is 52.6 Å².